The predicted molar refractivity (Wildman–Crippen MR) is 57.3 cm³/mol. The molecule has 1 heterocycles. The predicted octanol–water partition coefficient (Wildman–Crippen LogP) is 0.603. The van der Waals surface area contributed by atoms with Crippen molar-refractivity contribution in [3.63, 3.8) is 0 Å². The summed E-state index contributed by atoms with van der Waals surface area (Å²) in [6.45, 7) is 0.434. The topological polar surface area (TPSA) is 59.5 Å². The van der Waals surface area contributed by atoms with E-state index in [-0.39, 0.29) is 12.3 Å². The maximum atomic E-state index is 11.5. The van der Waals surface area contributed by atoms with Gasteiger partial charge in [-0.3, -0.25) is 14.6 Å². The van der Waals surface area contributed by atoms with Gasteiger partial charge in [0.05, 0.1) is 7.11 Å². The van der Waals surface area contributed by atoms with Crippen LogP contribution in [0.15, 0.2) is 24.5 Å². The van der Waals surface area contributed by atoms with Crippen LogP contribution in [-0.2, 0) is 20.9 Å². The van der Waals surface area contributed by atoms with Crippen molar-refractivity contribution in [3.05, 3.63) is 30.1 Å². The Balaban J connectivity index is 2.49. The number of aromatic nitrogens is 1. The molecule has 1 amide bonds. The number of pyridine rings is 1. The van der Waals surface area contributed by atoms with Crippen LogP contribution in [0.25, 0.3) is 0 Å². The Bertz CT molecular complexity index is 365. The maximum absolute atomic E-state index is 11.5. The highest BCUT2D eigenvalue weighted by Crippen LogP contribution is 2.02. The second-order valence-electron chi connectivity index (χ2n) is 3.36. The minimum atomic E-state index is -0.525. The van der Waals surface area contributed by atoms with Gasteiger partial charge in [-0.1, -0.05) is 6.07 Å². The Labute approximate surface area is 94.0 Å². The van der Waals surface area contributed by atoms with Crippen molar-refractivity contribution >= 4 is 11.9 Å². The summed E-state index contributed by atoms with van der Waals surface area (Å²) in [6, 6.07) is 3.67. The van der Waals surface area contributed by atoms with Gasteiger partial charge in [-0.2, -0.15) is 0 Å². The van der Waals surface area contributed by atoms with Gasteiger partial charge in [0.25, 0.3) is 0 Å². The van der Waals surface area contributed by atoms with Crippen LogP contribution in [0.1, 0.15) is 12.0 Å². The normalized spacial score (nSPS) is 9.62. The lowest BCUT2D eigenvalue weighted by atomic mass is 10.2. The molecule has 0 aromatic carbocycles. The van der Waals surface area contributed by atoms with E-state index in [9.17, 15) is 9.59 Å². The summed E-state index contributed by atoms with van der Waals surface area (Å²) >= 11 is 0. The van der Waals surface area contributed by atoms with E-state index in [4.69, 9.17) is 0 Å². The van der Waals surface area contributed by atoms with Gasteiger partial charge < -0.3 is 9.64 Å². The van der Waals surface area contributed by atoms with Crippen molar-refractivity contribution in [2.75, 3.05) is 14.2 Å². The summed E-state index contributed by atoms with van der Waals surface area (Å²) in [5, 5.41) is 0. The van der Waals surface area contributed by atoms with Crippen LogP contribution >= 0.6 is 0 Å². The highest BCUT2D eigenvalue weighted by atomic mass is 16.5. The minimum Gasteiger partial charge on any atom is -0.469 e. The molecule has 86 valence electrons. The lowest BCUT2D eigenvalue weighted by Gasteiger charge is -2.16. The molecule has 1 aromatic heterocycles. The van der Waals surface area contributed by atoms with Gasteiger partial charge >= 0.3 is 5.97 Å². The molecule has 0 aliphatic carbocycles. The molecule has 0 saturated carbocycles. The zero-order chi connectivity index (χ0) is 12.0. The molecular weight excluding hydrogens is 208 g/mol. The van der Waals surface area contributed by atoms with Gasteiger partial charge in [-0.25, -0.2) is 0 Å². The van der Waals surface area contributed by atoms with E-state index in [1.807, 2.05) is 6.07 Å². The van der Waals surface area contributed by atoms with Crippen molar-refractivity contribution in [2.24, 2.45) is 0 Å². The Morgan fingerprint density at radius 1 is 1.50 bits per heavy atom. The molecule has 1 aromatic rings. The van der Waals surface area contributed by atoms with E-state index in [2.05, 4.69) is 9.72 Å². The number of ether oxygens (including phenoxy) is 1. The number of hydrogen-bond acceptors (Lipinski definition) is 4. The first-order chi connectivity index (χ1) is 7.63. The van der Waals surface area contributed by atoms with Crippen molar-refractivity contribution in [3.8, 4) is 0 Å². The molecule has 16 heavy (non-hydrogen) atoms. The van der Waals surface area contributed by atoms with Crippen LogP contribution in [-0.4, -0.2) is 35.9 Å². The van der Waals surface area contributed by atoms with Gasteiger partial charge in [0.15, 0.2) is 0 Å². The van der Waals surface area contributed by atoms with E-state index >= 15 is 0 Å². The van der Waals surface area contributed by atoms with Crippen LogP contribution in [0, 0.1) is 0 Å². The van der Waals surface area contributed by atoms with Crippen molar-refractivity contribution in [1.82, 2.24) is 9.88 Å². The largest absolute Gasteiger partial charge is 0.469 e. The van der Waals surface area contributed by atoms with Gasteiger partial charge in [0, 0.05) is 26.0 Å². The SMILES string of the molecule is COC(=O)CC(=O)N(C)Cc1cccnc1. The second kappa shape index (κ2) is 5.85. The molecule has 0 radical (unpaired) electrons. The fourth-order valence-electron chi connectivity index (χ4n) is 1.18. The zero-order valence-corrected chi connectivity index (χ0v) is 9.34. The number of rotatable bonds is 4. The van der Waals surface area contributed by atoms with E-state index in [1.54, 1.807) is 25.5 Å². The number of methoxy groups -OCH3 is 1. The molecule has 5 nitrogen and oxygen atoms in total. The third kappa shape index (κ3) is 3.68. The number of carbonyl (C=O) groups is 2. The van der Waals surface area contributed by atoms with E-state index < -0.39 is 5.97 Å². The lowest BCUT2D eigenvalue weighted by molar-refractivity contribution is -0.146. The number of hydrogen-bond donors (Lipinski definition) is 0. The van der Waals surface area contributed by atoms with Gasteiger partial charge in [0.2, 0.25) is 5.91 Å². The van der Waals surface area contributed by atoms with Crippen LogP contribution in [0.3, 0.4) is 0 Å². The first-order valence-electron chi connectivity index (χ1n) is 4.83. The molecule has 0 bridgehead atoms. The van der Waals surface area contributed by atoms with Crippen LogP contribution < -0.4 is 0 Å². The van der Waals surface area contributed by atoms with Gasteiger partial charge in [-0.05, 0) is 11.6 Å². The van der Waals surface area contributed by atoms with Crippen molar-refractivity contribution < 1.29 is 14.3 Å². The fraction of sp³-hybridized carbons (Fsp3) is 0.364. The highest BCUT2D eigenvalue weighted by molar-refractivity contribution is 5.94. The number of nitrogens with zero attached hydrogens (tertiary/aromatic N) is 2. The lowest BCUT2D eigenvalue weighted by Crippen LogP contribution is -2.28. The van der Waals surface area contributed by atoms with Crippen LogP contribution in [0.4, 0.5) is 0 Å². The molecule has 0 aliphatic heterocycles. The standard InChI is InChI=1S/C11H14N2O3/c1-13(10(14)6-11(15)16-2)8-9-4-3-5-12-7-9/h3-5,7H,6,8H2,1-2H3. The van der Waals surface area contributed by atoms with E-state index in [0.29, 0.717) is 6.54 Å². The van der Waals surface area contributed by atoms with Gasteiger partial charge in [0.1, 0.15) is 6.42 Å². The molecule has 0 N–H and O–H groups in total. The Hall–Kier alpha value is -1.91. The molecule has 0 fully saturated rings. The first-order valence-corrected chi connectivity index (χ1v) is 4.83. The fourth-order valence-corrected chi connectivity index (χ4v) is 1.18. The highest BCUT2D eigenvalue weighted by Gasteiger charge is 2.14. The van der Waals surface area contributed by atoms with Crippen LogP contribution in [0.5, 0.6) is 0 Å². The molecule has 1 rings (SSSR count). The van der Waals surface area contributed by atoms with Crippen molar-refractivity contribution in [1.29, 1.82) is 0 Å². The van der Waals surface area contributed by atoms with Crippen LogP contribution in [0.2, 0.25) is 0 Å². The molecule has 0 aliphatic rings. The monoisotopic (exact) mass is 222 g/mol. The molecule has 0 saturated heterocycles. The summed E-state index contributed by atoms with van der Waals surface area (Å²) in [7, 11) is 2.90. The molecular formula is C11H14N2O3. The summed E-state index contributed by atoms with van der Waals surface area (Å²) < 4.78 is 4.42. The number of amides is 1. The first kappa shape index (κ1) is 12.2. The Morgan fingerprint density at radius 3 is 2.81 bits per heavy atom. The summed E-state index contributed by atoms with van der Waals surface area (Å²) in [4.78, 5) is 27.8. The van der Waals surface area contributed by atoms with Crippen molar-refractivity contribution in [2.45, 2.75) is 13.0 Å². The van der Waals surface area contributed by atoms with Gasteiger partial charge in [-0.15, -0.1) is 0 Å². The molecule has 0 spiro atoms. The Kier molecular flexibility index (Phi) is 4.44. The average molecular weight is 222 g/mol. The number of esters is 1. The zero-order valence-electron chi connectivity index (χ0n) is 9.34. The smallest absolute Gasteiger partial charge is 0.315 e. The average Bonchev–Trinajstić information content (AvgIpc) is 2.30. The Morgan fingerprint density at radius 2 is 2.25 bits per heavy atom. The molecule has 5 heteroatoms. The minimum absolute atomic E-state index is 0.229. The third-order valence-electron chi connectivity index (χ3n) is 2.09. The second-order valence-corrected chi connectivity index (χ2v) is 3.36. The summed E-state index contributed by atoms with van der Waals surface area (Å²) in [5.74, 6) is -0.793. The third-order valence-corrected chi connectivity index (χ3v) is 2.09. The van der Waals surface area contributed by atoms with E-state index in [0.717, 1.165) is 5.56 Å². The quantitative estimate of drug-likeness (QED) is 0.553. The summed E-state index contributed by atoms with van der Waals surface area (Å²) in [5.41, 5.74) is 0.920. The summed E-state index contributed by atoms with van der Waals surface area (Å²) in [6.07, 6.45) is 3.12. The van der Waals surface area contributed by atoms with E-state index in [1.165, 1.54) is 12.0 Å². The molecule has 0 atom stereocenters. The molecule has 0 unspecified atom stereocenters. The maximum Gasteiger partial charge on any atom is 0.315 e. The number of carbonyl (C=O) groups excluding carboxylic acids is 2.